The van der Waals surface area contributed by atoms with Crippen molar-refractivity contribution in [1.29, 1.82) is 0 Å². The molecule has 6 heteroatoms. The molecule has 0 bridgehead atoms. The largest absolute Gasteiger partial charge is 0.351 e. The van der Waals surface area contributed by atoms with Gasteiger partial charge in [-0.15, -0.1) is 0 Å². The Bertz CT molecular complexity index is 1090. The van der Waals surface area contributed by atoms with Gasteiger partial charge in [0.25, 0.3) is 15.9 Å². The number of para-hydroxylation sites is 1. The number of aryl methyl sites for hydroxylation is 1. The number of benzene rings is 3. The highest BCUT2D eigenvalue weighted by Crippen LogP contribution is 2.20. The van der Waals surface area contributed by atoms with Crippen molar-refractivity contribution < 1.29 is 13.2 Å². The van der Waals surface area contributed by atoms with Crippen molar-refractivity contribution in [3.63, 3.8) is 0 Å². The van der Waals surface area contributed by atoms with E-state index in [1.165, 1.54) is 29.8 Å². The van der Waals surface area contributed by atoms with E-state index in [2.05, 4.69) is 29.1 Å². The van der Waals surface area contributed by atoms with Crippen molar-refractivity contribution in [3.05, 3.63) is 95.6 Å². The molecule has 0 spiro atoms. The van der Waals surface area contributed by atoms with Gasteiger partial charge in [-0.1, -0.05) is 55.5 Å². The number of hydrogen-bond donors (Lipinski definition) is 2. The number of anilines is 1. The van der Waals surface area contributed by atoms with Crippen molar-refractivity contribution in [1.82, 2.24) is 5.32 Å². The second kappa shape index (κ2) is 9.59. The number of carbonyl (C=O) groups is 1. The monoisotopic (exact) mass is 422 g/mol. The molecular weight excluding hydrogens is 396 g/mol. The Morgan fingerprint density at radius 2 is 1.53 bits per heavy atom. The van der Waals surface area contributed by atoms with E-state index in [9.17, 15) is 13.2 Å². The number of sulfonamides is 1. The van der Waals surface area contributed by atoms with Gasteiger partial charge in [-0.3, -0.25) is 9.52 Å². The van der Waals surface area contributed by atoms with Crippen LogP contribution in [-0.4, -0.2) is 20.9 Å². The highest BCUT2D eigenvalue weighted by molar-refractivity contribution is 7.92. The maximum absolute atomic E-state index is 12.6. The number of carbonyl (C=O) groups excluding carboxylic acids is 1. The molecule has 1 unspecified atom stereocenters. The van der Waals surface area contributed by atoms with Gasteiger partial charge >= 0.3 is 0 Å². The van der Waals surface area contributed by atoms with Crippen molar-refractivity contribution in [3.8, 4) is 0 Å². The lowest BCUT2D eigenvalue weighted by atomic mass is 9.96. The zero-order valence-electron chi connectivity index (χ0n) is 17.1. The fraction of sp³-hybridized carbons (Fsp3) is 0.208. The van der Waals surface area contributed by atoms with Crippen molar-refractivity contribution in [2.75, 3.05) is 11.3 Å². The van der Waals surface area contributed by atoms with Gasteiger partial charge in [0.15, 0.2) is 0 Å². The number of amides is 1. The highest BCUT2D eigenvalue weighted by Gasteiger charge is 2.17. The van der Waals surface area contributed by atoms with E-state index < -0.39 is 10.0 Å². The summed E-state index contributed by atoms with van der Waals surface area (Å²) in [7, 11) is -3.73. The molecule has 1 amide bonds. The number of nitrogens with one attached hydrogen (secondary N) is 2. The molecule has 3 rings (SSSR count). The SMILES string of the molecule is CCC(CNC(=O)c1ccc(S(=O)(=O)Nc2ccccc2C)cc1)c1ccccc1. The summed E-state index contributed by atoms with van der Waals surface area (Å²) in [5, 5.41) is 2.95. The van der Waals surface area contributed by atoms with Gasteiger partial charge in [-0.2, -0.15) is 0 Å². The molecule has 0 aliphatic heterocycles. The second-order valence-electron chi connectivity index (χ2n) is 7.17. The van der Waals surface area contributed by atoms with Crippen LogP contribution < -0.4 is 10.0 Å². The standard InChI is InChI=1S/C24H26N2O3S/c1-3-19(20-10-5-4-6-11-20)17-25-24(27)21-13-15-22(16-14-21)30(28,29)26-23-12-8-7-9-18(23)2/h4-16,19,26H,3,17H2,1-2H3,(H,25,27). The lowest BCUT2D eigenvalue weighted by Gasteiger charge is -2.16. The molecule has 0 heterocycles. The molecule has 2 N–H and O–H groups in total. The molecule has 3 aromatic carbocycles. The fourth-order valence-electron chi connectivity index (χ4n) is 3.22. The maximum Gasteiger partial charge on any atom is 0.261 e. The van der Waals surface area contributed by atoms with Crippen LogP contribution >= 0.6 is 0 Å². The quantitative estimate of drug-likeness (QED) is 0.552. The van der Waals surface area contributed by atoms with Crippen LogP contribution in [0.25, 0.3) is 0 Å². The highest BCUT2D eigenvalue weighted by atomic mass is 32.2. The third-order valence-corrected chi connectivity index (χ3v) is 6.47. The minimum atomic E-state index is -3.73. The first-order chi connectivity index (χ1) is 14.4. The zero-order chi connectivity index (χ0) is 21.6. The normalized spacial score (nSPS) is 12.2. The van der Waals surface area contributed by atoms with Gasteiger partial charge in [0.1, 0.15) is 0 Å². The molecule has 0 saturated carbocycles. The summed E-state index contributed by atoms with van der Waals surface area (Å²) in [6.07, 6.45) is 0.909. The fourth-order valence-corrected chi connectivity index (χ4v) is 4.35. The van der Waals surface area contributed by atoms with Crippen LogP contribution in [0.3, 0.4) is 0 Å². The van der Waals surface area contributed by atoms with E-state index >= 15 is 0 Å². The molecule has 3 aromatic rings. The van der Waals surface area contributed by atoms with Crippen molar-refractivity contribution >= 4 is 21.6 Å². The molecule has 0 aromatic heterocycles. The number of hydrogen-bond acceptors (Lipinski definition) is 3. The van der Waals surface area contributed by atoms with E-state index in [1.54, 1.807) is 12.1 Å². The Hall–Kier alpha value is -3.12. The van der Waals surface area contributed by atoms with Crippen LogP contribution in [0.5, 0.6) is 0 Å². The molecule has 0 saturated heterocycles. The summed E-state index contributed by atoms with van der Waals surface area (Å²) in [5.41, 5.74) is 2.98. The van der Waals surface area contributed by atoms with Gasteiger partial charge < -0.3 is 5.32 Å². The predicted molar refractivity (Wildman–Crippen MR) is 120 cm³/mol. The Morgan fingerprint density at radius 3 is 2.17 bits per heavy atom. The minimum Gasteiger partial charge on any atom is -0.351 e. The zero-order valence-corrected chi connectivity index (χ0v) is 17.9. The smallest absolute Gasteiger partial charge is 0.261 e. The second-order valence-corrected chi connectivity index (χ2v) is 8.85. The molecule has 30 heavy (non-hydrogen) atoms. The van der Waals surface area contributed by atoms with E-state index in [-0.39, 0.29) is 16.7 Å². The Morgan fingerprint density at radius 1 is 0.900 bits per heavy atom. The summed E-state index contributed by atoms with van der Waals surface area (Å²) >= 11 is 0. The van der Waals surface area contributed by atoms with Crippen molar-refractivity contribution in [2.45, 2.75) is 31.1 Å². The van der Waals surface area contributed by atoms with E-state index in [0.29, 0.717) is 17.8 Å². The summed E-state index contributed by atoms with van der Waals surface area (Å²) in [4.78, 5) is 12.6. The van der Waals surface area contributed by atoms with Gasteiger partial charge in [-0.25, -0.2) is 8.42 Å². The summed E-state index contributed by atoms with van der Waals surface area (Å²) < 4.78 is 27.9. The van der Waals surface area contributed by atoms with E-state index in [0.717, 1.165) is 12.0 Å². The lowest BCUT2D eigenvalue weighted by Crippen LogP contribution is -2.28. The Kier molecular flexibility index (Phi) is 6.90. The predicted octanol–water partition coefficient (Wildman–Crippen LogP) is 4.72. The van der Waals surface area contributed by atoms with Crippen LogP contribution in [0.15, 0.2) is 83.8 Å². The third kappa shape index (κ3) is 5.27. The Labute approximate surface area is 178 Å². The first kappa shape index (κ1) is 21.6. The topological polar surface area (TPSA) is 75.3 Å². The molecule has 156 valence electrons. The summed E-state index contributed by atoms with van der Waals surface area (Å²) in [5.74, 6) is 0.00769. The third-order valence-electron chi connectivity index (χ3n) is 5.09. The molecule has 5 nitrogen and oxygen atoms in total. The molecule has 0 aliphatic rings. The lowest BCUT2D eigenvalue weighted by molar-refractivity contribution is 0.0951. The van der Waals surface area contributed by atoms with E-state index in [1.807, 2.05) is 37.3 Å². The van der Waals surface area contributed by atoms with Gasteiger partial charge in [0.05, 0.1) is 10.6 Å². The summed E-state index contributed by atoms with van der Waals surface area (Å²) in [6.45, 7) is 4.45. The van der Waals surface area contributed by atoms with Crippen LogP contribution in [0.1, 0.15) is 40.7 Å². The summed E-state index contributed by atoms with van der Waals surface area (Å²) in [6, 6.07) is 23.2. The van der Waals surface area contributed by atoms with Crippen LogP contribution in [0.4, 0.5) is 5.69 Å². The number of rotatable bonds is 8. The Balaban J connectivity index is 1.66. The van der Waals surface area contributed by atoms with Gasteiger partial charge in [-0.05, 0) is 54.8 Å². The van der Waals surface area contributed by atoms with Gasteiger partial charge in [0.2, 0.25) is 0 Å². The van der Waals surface area contributed by atoms with E-state index in [4.69, 9.17) is 0 Å². The first-order valence-electron chi connectivity index (χ1n) is 9.92. The van der Waals surface area contributed by atoms with Crippen LogP contribution in [-0.2, 0) is 10.0 Å². The average Bonchev–Trinajstić information content (AvgIpc) is 2.76. The van der Waals surface area contributed by atoms with Gasteiger partial charge in [0, 0.05) is 18.0 Å². The molecule has 0 aliphatic carbocycles. The first-order valence-corrected chi connectivity index (χ1v) is 11.4. The molecule has 0 radical (unpaired) electrons. The molecule has 1 atom stereocenters. The van der Waals surface area contributed by atoms with Crippen LogP contribution in [0, 0.1) is 6.92 Å². The maximum atomic E-state index is 12.6. The average molecular weight is 423 g/mol. The molecular formula is C24H26N2O3S. The van der Waals surface area contributed by atoms with Crippen molar-refractivity contribution in [2.24, 2.45) is 0 Å². The minimum absolute atomic E-state index is 0.109. The molecule has 0 fully saturated rings. The van der Waals surface area contributed by atoms with Crippen LogP contribution in [0.2, 0.25) is 0 Å².